The maximum atomic E-state index is 13.6. The van der Waals surface area contributed by atoms with Crippen LogP contribution in [0.3, 0.4) is 0 Å². The summed E-state index contributed by atoms with van der Waals surface area (Å²) in [4.78, 5) is 11.7. The Kier molecular flexibility index (Phi) is 8.65. The number of amides is 1. The van der Waals surface area contributed by atoms with E-state index in [1.54, 1.807) is 11.3 Å². The Morgan fingerprint density at radius 3 is 2.35 bits per heavy atom. The summed E-state index contributed by atoms with van der Waals surface area (Å²) < 4.78 is 29.3. The number of carbonyl (C=O) groups is 1. The highest BCUT2D eigenvalue weighted by Gasteiger charge is 2.37. The van der Waals surface area contributed by atoms with E-state index in [4.69, 9.17) is 0 Å². The van der Waals surface area contributed by atoms with E-state index in [2.05, 4.69) is 48.6 Å². The van der Waals surface area contributed by atoms with Crippen LogP contribution in [0.2, 0.25) is 0 Å². The highest BCUT2D eigenvalue weighted by Crippen LogP contribution is 2.45. The quantitative estimate of drug-likeness (QED) is 0.392. The van der Waals surface area contributed by atoms with Crippen molar-refractivity contribution >= 4 is 49.1 Å². The van der Waals surface area contributed by atoms with Crippen molar-refractivity contribution < 1.29 is 18.7 Å². The van der Waals surface area contributed by atoms with Crippen molar-refractivity contribution in [2.24, 2.45) is 0 Å². The van der Waals surface area contributed by atoms with E-state index >= 15 is 0 Å². The summed E-state index contributed by atoms with van der Waals surface area (Å²) in [5, 5.41) is 17.2. The molecule has 3 N–H and O–H groups in total. The molecule has 3 rings (SSSR count). The first-order valence-electron chi connectivity index (χ1n) is 10.3. The molecule has 0 aliphatic heterocycles. The smallest absolute Gasteiger partial charge is 0.217 e. The van der Waals surface area contributed by atoms with Gasteiger partial charge in [0.2, 0.25) is 5.91 Å². The first-order valence-corrected chi connectivity index (χ1v) is 12.7. The zero-order valence-corrected chi connectivity index (χ0v) is 21.2. The monoisotopic (exact) mass is 578 g/mol. The predicted molar refractivity (Wildman–Crippen MR) is 126 cm³/mol. The minimum Gasteiger partial charge on any atom is -0.390 e. The fourth-order valence-electron chi connectivity index (χ4n) is 4.33. The molecule has 1 fully saturated rings. The molecule has 1 aliphatic rings. The number of thiophene rings is 1. The molecule has 2 atom stereocenters. The van der Waals surface area contributed by atoms with E-state index in [0.29, 0.717) is 5.56 Å². The lowest BCUT2D eigenvalue weighted by atomic mass is 9.77. The van der Waals surface area contributed by atoms with Gasteiger partial charge in [-0.1, -0.05) is 19.3 Å². The van der Waals surface area contributed by atoms with Crippen molar-refractivity contribution in [1.82, 2.24) is 10.6 Å². The Morgan fingerprint density at radius 1 is 1.16 bits per heavy atom. The van der Waals surface area contributed by atoms with Gasteiger partial charge < -0.3 is 15.7 Å². The molecule has 31 heavy (non-hydrogen) atoms. The van der Waals surface area contributed by atoms with Crippen LogP contribution >= 0.6 is 43.2 Å². The molecule has 0 radical (unpaired) electrons. The molecular weight excluding hydrogens is 554 g/mol. The average Bonchev–Trinajstić information content (AvgIpc) is 3.04. The summed E-state index contributed by atoms with van der Waals surface area (Å²) in [6.07, 6.45) is 4.42. The Balaban J connectivity index is 1.77. The molecule has 1 saturated carbocycles. The van der Waals surface area contributed by atoms with Gasteiger partial charge in [-0.15, -0.1) is 11.3 Å². The number of hydrogen-bond acceptors (Lipinski definition) is 4. The normalized spacial score (nSPS) is 17.9. The molecule has 1 amide bonds. The van der Waals surface area contributed by atoms with Crippen LogP contribution in [0, 0.1) is 11.6 Å². The van der Waals surface area contributed by atoms with Crippen LogP contribution in [0.5, 0.6) is 0 Å². The molecule has 2 aromatic rings. The van der Waals surface area contributed by atoms with E-state index in [1.807, 2.05) is 0 Å². The molecule has 0 saturated heterocycles. The summed E-state index contributed by atoms with van der Waals surface area (Å²) in [6.45, 7) is 1.60. The zero-order chi connectivity index (χ0) is 22.6. The van der Waals surface area contributed by atoms with Gasteiger partial charge in [-0.3, -0.25) is 4.79 Å². The maximum absolute atomic E-state index is 13.6. The van der Waals surface area contributed by atoms with Gasteiger partial charge >= 0.3 is 0 Å². The van der Waals surface area contributed by atoms with E-state index < -0.39 is 23.8 Å². The molecule has 1 aliphatic carbocycles. The van der Waals surface area contributed by atoms with Gasteiger partial charge in [0.05, 0.1) is 19.7 Å². The summed E-state index contributed by atoms with van der Waals surface area (Å²) in [7, 11) is 0. The number of hydrogen-bond donors (Lipinski definition) is 3. The van der Waals surface area contributed by atoms with Crippen LogP contribution in [0.15, 0.2) is 31.8 Å². The third-order valence-electron chi connectivity index (χ3n) is 5.76. The van der Waals surface area contributed by atoms with Gasteiger partial charge in [0.15, 0.2) is 0 Å². The predicted octanol–water partition coefficient (Wildman–Crippen LogP) is 5.41. The van der Waals surface area contributed by atoms with Crippen molar-refractivity contribution in [3.05, 3.63) is 54.6 Å². The summed E-state index contributed by atoms with van der Waals surface area (Å²) in [6, 6.07) is 4.68. The van der Waals surface area contributed by atoms with Crippen molar-refractivity contribution in [2.45, 2.75) is 63.1 Å². The van der Waals surface area contributed by atoms with Crippen LogP contribution in [0.4, 0.5) is 8.78 Å². The second kappa shape index (κ2) is 10.8. The van der Waals surface area contributed by atoms with Crippen molar-refractivity contribution in [3.63, 3.8) is 0 Å². The summed E-state index contributed by atoms with van der Waals surface area (Å²) in [5.41, 5.74) is 1.28. The van der Waals surface area contributed by atoms with Gasteiger partial charge in [0.1, 0.15) is 11.6 Å². The minimum absolute atomic E-state index is 0.123. The molecule has 9 heteroatoms. The van der Waals surface area contributed by atoms with E-state index in [0.717, 1.165) is 39.3 Å². The highest BCUT2D eigenvalue weighted by molar-refractivity contribution is 9.12. The van der Waals surface area contributed by atoms with Crippen molar-refractivity contribution in [1.29, 1.82) is 0 Å². The van der Waals surface area contributed by atoms with E-state index in [9.17, 15) is 18.7 Å². The Bertz CT molecular complexity index is 899. The van der Waals surface area contributed by atoms with Gasteiger partial charge in [0.25, 0.3) is 0 Å². The molecule has 1 aromatic heterocycles. The summed E-state index contributed by atoms with van der Waals surface area (Å²) >= 11 is 8.85. The second-order valence-corrected chi connectivity index (χ2v) is 11.9. The first kappa shape index (κ1) is 24.8. The Labute approximate surface area is 202 Å². The third kappa shape index (κ3) is 6.57. The maximum Gasteiger partial charge on any atom is 0.217 e. The van der Waals surface area contributed by atoms with E-state index in [-0.39, 0.29) is 24.4 Å². The van der Waals surface area contributed by atoms with Gasteiger partial charge in [-0.2, -0.15) is 0 Å². The van der Waals surface area contributed by atoms with Crippen molar-refractivity contribution in [2.75, 3.05) is 6.54 Å². The van der Waals surface area contributed by atoms with Crippen LogP contribution in [-0.4, -0.2) is 29.7 Å². The number of nitrogens with one attached hydrogen (secondary N) is 2. The average molecular weight is 580 g/mol. The molecular formula is C22H26Br2F2N2O2S. The molecule has 4 nitrogen and oxygen atoms in total. The van der Waals surface area contributed by atoms with Gasteiger partial charge in [-0.05, 0) is 80.4 Å². The van der Waals surface area contributed by atoms with Crippen LogP contribution in [0.1, 0.15) is 50.2 Å². The van der Waals surface area contributed by atoms with Gasteiger partial charge in [0, 0.05) is 25.1 Å². The van der Waals surface area contributed by atoms with E-state index in [1.165, 1.54) is 31.0 Å². The van der Waals surface area contributed by atoms with Crippen LogP contribution in [0.25, 0.3) is 0 Å². The molecule has 0 bridgehead atoms. The molecule has 2 unspecified atom stereocenters. The molecule has 170 valence electrons. The number of carbonyl (C=O) groups excluding carboxylic acids is 1. The number of aliphatic hydroxyl groups is 1. The minimum atomic E-state index is -0.935. The van der Waals surface area contributed by atoms with Crippen LogP contribution < -0.4 is 10.6 Å². The lowest BCUT2D eigenvalue weighted by Crippen LogP contribution is -2.53. The number of rotatable bonds is 8. The standard InChI is InChI=1S/C22H26Br2F2N2O2S/c1-13(29)28-18(9-14-7-15(25)10-16(26)8-14)19(30)12-27-22(5-3-2-4-6-22)17-11-20(23)31-21(17)24/h7-8,10-11,18-19,27,30H,2-6,9,12H2,1H3,(H,28,29). The third-order valence-corrected chi connectivity index (χ3v) is 8.10. The second-order valence-electron chi connectivity index (χ2n) is 8.12. The SMILES string of the molecule is CC(=O)NC(Cc1cc(F)cc(F)c1)C(O)CNC1(c2cc(Br)sc2Br)CCCCC1. The largest absolute Gasteiger partial charge is 0.390 e. The lowest BCUT2D eigenvalue weighted by Gasteiger charge is -2.40. The zero-order valence-electron chi connectivity index (χ0n) is 17.2. The van der Waals surface area contributed by atoms with Crippen LogP contribution in [-0.2, 0) is 16.8 Å². The summed E-state index contributed by atoms with van der Waals surface area (Å²) in [5.74, 6) is -1.67. The van der Waals surface area contributed by atoms with Gasteiger partial charge in [-0.25, -0.2) is 8.78 Å². The number of aliphatic hydroxyl groups excluding tert-OH is 1. The first-order chi connectivity index (χ1) is 14.7. The molecule has 1 heterocycles. The number of halogens is 4. The van der Waals surface area contributed by atoms with Crippen molar-refractivity contribution in [3.8, 4) is 0 Å². The molecule has 0 spiro atoms. The lowest BCUT2D eigenvalue weighted by molar-refractivity contribution is -0.120. The fourth-order valence-corrected chi connectivity index (χ4v) is 7.43. The molecule has 1 aromatic carbocycles. The highest BCUT2D eigenvalue weighted by atomic mass is 79.9. The Morgan fingerprint density at radius 2 is 1.81 bits per heavy atom. The Hall–Kier alpha value is -0.870. The topological polar surface area (TPSA) is 61.4 Å². The fraction of sp³-hybridized carbons (Fsp3) is 0.500. The number of benzene rings is 1.